The van der Waals surface area contributed by atoms with E-state index in [4.69, 9.17) is 4.74 Å². The Morgan fingerprint density at radius 3 is 2.48 bits per heavy atom. The van der Waals surface area contributed by atoms with Gasteiger partial charge < -0.3 is 9.64 Å². The zero-order valence-corrected chi connectivity index (χ0v) is 16.3. The van der Waals surface area contributed by atoms with Crippen LogP contribution in [0.1, 0.15) is 52.7 Å². The second-order valence-corrected chi connectivity index (χ2v) is 8.90. The molecule has 1 aliphatic heterocycles. The zero-order chi connectivity index (χ0) is 18.8. The van der Waals surface area contributed by atoms with Crippen molar-refractivity contribution < 1.29 is 18.3 Å². The molecule has 0 N–H and O–H groups in total. The van der Waals surface area contributed by atoms with Gasteiger partial charge in [-0.2, -0.15) is 5.10 Å². The van der Waals surface area contributed by atoms with Crippen molar-refractivity contribution in [3.8, 4) is 0 Å². The molecule has 1 aromatic heterocycles. The highest BCUT2D eigenvalue weighted by Crippen LogP contribution is 2.37. The summed E-state index contributed by atoms with van der Waals surface area (Å²) < 4.78 is 33.0. The summed E-state index contributed by atoms with van der Waals surface area (Å²) in [4.78, 5) is 14.4. The molecule has 0 saturated carbocycles. The molecule has 0 spiro atoms. The van der Waals surface area contributed by atoms with E-state index < -0.39 is 12.0 Å². The molecule has 1 fully saturated rings. The molecule has 2 heterocycles. The van der Waals surface area contributed by atoms with Gasteiger partial charge >= 0.3 is 6.09 Å². The molecule has 1 unspecified atom stereocenters. The lowest BCUT2D eigenvalue weighted by molar-refractivity contribution is 0.0184. The summed E-state index contributed by atoms with van der Waals surface area (Å²) in [5, 5.41) is 4.04. The number of ether oxygens (including phenoxy) is 1. The smallest absolute Gasteiger partial charge is 0.410 e. The van der Waals surface area contributed by atoms with Crippen LogP contribution >= 0.6 is 11.8 Å². The number of piperidine rings is 1. The average molecular weight is 375 g/mol. The van der Waals surface area contributed by atoms with E-state index in [1.807, 2.05) is 20.8 Å². The minimum absolute atomic E-state index is 0.148. The topological polar surface area (TPSA) is 47.4 Å². The third-order valence-corrected chi connectivity index (χ3v) is 5.52. The Morgan fingerprint density at radius 1 is 1.36 bits per heavy atom. The Labute approximate surface area is 152 Å². The van der Waals surface area contributed by atoms with E-state index in [-0.39, 0.29) is 17.0 Å². The first-order valence-electron chi connectivity index (χ1n) is 8.53. The van der Waals surface area contributed by atoms with Crippen LogP contribution in [0.15, 0.2) is 11.1 Å². The van der Waals surface area contributed by atoms with Gasteiger partial charge in [-0.15, -0.1) is 11.8 Å². The second-order valence-electron chi connectivity index (χ2n) is 7.48. The molecule has 2 rings (SSSR count). The highest BCUT2D eigenvalue weighted by Gasteiger charge is 2.30. The zero-order valence-electron chi connectivity index (χ0n) is 15.5. The van der Waals surface area contributed by atoms with E-state index in [9.17, 15) is 13.6 Å². The number of aryl methyl sites for hydroxylation is 1. The number of carbonyl (C=O) groups is 1. The summed E-state index contributed by atoms with van der Waals surface area (Å²) >= 11 is 1.45. The molecule has 1 saturated heterocycles. The first-order chi connectivity index (χ1) is 11.6. The van der Waals surface area contributed by atoms with Crippen molar-refractivity contribution in [2.45, 2.75) is 62.7 Å². The predicted octanol–water partition coefficient (Wildman–Crippen LogP) is 4.49. The van der Waals surface area contributed by atoms with Crippen LogP contribution in [0.25, 0.3) is 0 Å². The number of hydrogen-bond donors (Lipinski definition) is 0. The van der Waals surface area contributed by atoms with Crippen LogP contribution in [0, 0.1) is 5.92 Å². The van der Waals surface area contributed by atoms with E-state index in [0.717, 1.165) is 12.8 Å². The maximum absolute atomic E-state index is 13.1. The molecule has 0 bridgehead atoms. The molecule has 0 radical (unpaired) electrons. The van der Waals surface area contributed by atoms with Gasteiger partial charge in [-0.3, -0.25) is 4.68 Å². The van der Waals surface area contributed by atoms with Crippen molar-refractivity contribution in [2.24, 2.45) is 13.0 Å². The normalized spacial score (nSPS) is 17.8. The first kappa shape index (κ1) is 20.0. The van der Waals surface area contributed by atoms with Gasteiger partial charge in [0.15, 0.2) is 0 Å². The Bertz CT molecular complexity index is 593. The van der Waals surface area contributed by atoms with Crippen molar-refractivity contribution >= 4 is 17.9 Å². The molecule has 142 valence electrons. The van der Waals surface area contributed by atoms with Crippen LogP contribution in [0.5, 0.6) is 0 Å². The third-order valence-electron chi connectivity index (χ3n) is 4.20. The van der Waals surface area contributed by atoms with Gasteiger partial charge in [-0.1, -0.05) is 6.92 Å². The molecular formula is C17H27F2N3O2S. The van der Waals surface area contributed by atoms with Gasteiger partial charge in [0.05, 0.1) is 4.90 Å². The average Bonchev–Trinajstić information content (AvgIpc) is 2.86. The maximum Gasteiger partial charge on any atom is 0.410 e. The molecule has 1 amide bonds. The standard InChI is InChI=1S/C17H27F2N3O2S/c1-11(25-13-10-21(5)20-14(13)15(18)19)12-6-8-22(9-7-12)16(23)24-17(2,3)4/h10-12,15H,6-9H2,1-5H3. The SMILES string of the molecule is CC(Sc1cn(C)nc1C(F)F)C1CCN(C(=O)OC(C)(C)C)CC1. The molecule has 1 atom stereocenters. The number of alkyl halides is 2. The van der Waals surface area contributed by atoms with Crippen molar-refractivity contribution in [1.29, 1.82) is 0 Å². The van der Waals surface area contributed by atoms with E-state index in [2.05, 4.69) is 12.0 Å². The molecule has 1 aromatic rings. The van der Waals surface area contributed by atoms with Crippen LogP contribution in [0.3, 0.4) is 0 Å². The maximum atomic E-state index is 13.1. The van der Waals surface area contributed by atoms with E-state index in [0.29, 0.717) is 23.9 Å². The van der Waals surface area contributed by atoms with Crippen LogP contribution in [-0.4, -0.2) is 44.7 Å². The number of likely N-dealkylation sites (tertiary alicyclic amines) is 1. The molecular weight excluding hydrogens is 348 g/mol. The molecule has 0 aromatic carbocycles. The van der Waals surface area contributed by atoms with E-state index >= 15 is 0 Å². The Morgan fingerprint density at radius 2 is 1.96 bits per heavy atom. The lowest BCUT2D eigenvalue weighted by Gasteiger charge is -2.35. The van der Waals surface area contributed by atoms with Crippen LogP contribution in [0.2, 0.25) is 0 Å². The minimum atomic E-state index is -2.56. The minimum Gasteiger partial charge on any atom is -0.444 e. The fourth-order valence-corrected chi connectivity index (χ4v) is 4.23. The fourth-order valence-electron chi connectivity index (χ4n) is 2.90. The van der Waals surface area contributed by atoms with Crippen LogP contribution in [0.4, 0.5) is 13.6 Å². The van der Waals surface area contributed by atoms with Crippen molar-refractivity contribution in [3.63, 3.8) is 0 Å². The summed E-state index contributed by atoms with van der Waals surface area (Å²) in [5.74, 6) is 0.370. The van der Waals surface area contributed by atoms with Gasteiger partial charge in [-0.05, 0) is 39.5 Å². The van der Waals surface area contributed by atoms with Crippen LogP contribution in [-0.2, 0) is 11.8 Å². The second kappa shape index (κ2) is 7.93. The molecule has 0 aliphatic carbocycles. The number of nitrogens with zero attached hydrogens (tertiary/aromatic N) is 3. The van der Waals surface area contributed by atoms with Crippen molar-refractivity contribution in [2.75, 3.05) is 13.1 Å². The summed E-state index contributed by atoms with van der Waals surface area (Å²) in [6.07, 6.45) is 0.497. The number of amides is 1. The summed E-state index contributed by atoms with van der Waals surface area (Å²) in [6, 6.07) is 0. The summed E-state index contributed by atoms with van der Waals surface area (Å²) in [5.41, 5.74) is -0.645. The monoisotopic (exact) mass is 375 g/mol. The van der Waals surface area contributed by atoms with Gasteiger partial charge in [0.2, 0.25) is 0 Å². The molecule has 5 nitrogen and oxygen atoms in total. The fraction of sp³-hybridized carbons (Fsp3) is 0.765. The van der Waals surface area contributed by atoms with Crippen molar-refractivity contribution in [3.05, 3.63) is 11.9 Å². The number of carbonyl (C=O) groups excluding carboxylic acids is 1. The number of hydrogen-bond acceptors (Lipinski definition) is 4. The predicted molar refractivity (Wildman–Crippen MR) is 94.0 cm³/mol. The number of aromatic nitrogens is 2. The molecule has 8 heteroatoms. The Balaban J connectivity index is 1.89. The highest BCUT2D eigenvalue weighted by atomic mass is 32.2. The summed E-state index contributed by atoms with van der Waals surface area (Å²) in [6.45, 7) is 8.89. The largest absolute Gasteiger partial charge is 0.444 e. The summed E-state index contributed by atoms with van der Waals surface area (Å²) in [7, 11) is 1.65. The Hall–Kier alpha value is -1.31. The van der Waals surface area contributed by atoms with Gasteiger partial charge in [-0.25, -0.2) is 13.6 Å². The van der Waals surface area contributed by atoms with Gasteiger partial charge in [0.25, 0.3) is 6.43 Å². The highest BCUT2D eigenvalue weighted by molar-refractivity contribution is 8.00. The number of thioether (sulfide) groups is 1. The quantitative estimate of drug-likeness (QED) is 0.728. The van der Waals surface area contributed by atoms with Gasteiger partial charge in [0, 0.05) is 31.6 Å². The molecule has 1 aliphatic rings. The van der Waals surface area contributed by atoms with Crippen LogP contribution < -0.4 is 0 Å². The first-order valence-corrected chi connectivity index (χ1v) is 9.41. The van der Waals surface area contributed by atoms with Gasteiger partial charge in [0.1, 0.15) is 11.3 Å². The van der Waals surface area contributed by atoms with E-state index in [1.54, 1.807) is 18.1 Å². The number of rotatable bonds is 4. The van der Waals surface area contributed by atoms with E-state index in [1.165, 1.54) is 16.4 Å². The molecule has 25 heavy (non-hydrogen) atoms. The lowest BCUT2D eigenvalue weighted by atomic mass is 9.94. The van der Waals surface area contributed by atoms with Crippen molar-refractivity contribution in [1.82, 2.24) is 14.7 Å². The number of halogens is 2. The third kappa shape index (κ3) is 5.59. The lowest BCUT2D eigenvalue weighted by Crippen LogP contribution is -2.43. The Kier molecular flexibility index (Phi) is 6.35.